The van der Waals surface area contributed by atoms with Crippen LogP contribution in [0.4, 0.5) is 5.69 Å². The van der Waals surface area contributed by atoms with Gasteiger partial charge < -0.3 is 5.32 Å². The second-order valence-electron chi connectivity index (χ2n) is 4.27. The van der Waals surface area contributed by atoms with E-state index in [1.807, 2.05) is 13.1 Å². The van der Waals surface area contributed by atoms with Gasteiger partial charge in [-0.15, -0.1) is 0 Å². The van der Waals surface area contributed by atoms with Gasteiger partial charge >= 0.3 is 0 Å². The first-order valence-electron chi connectivity index (χ1n) is 6.05. The lowest BCUT2D eigenvalue weighted by Crippen LogP contribution is -2.17. The molecule has 0 fully saturated rings. The first-order chi connectivity index (χ1) is 9.58. The van der Waals surface area contributed by atoms with E-state index in [9.17, 15) is 10.1 Å². The molecule has 0 amide bonds. The van der Waals surface area contributed by atoms with Crippen molar-refractivity contribution >= 4 is 21.6 Å². The maximum atomic E-state index is 10.8. The molecule has 8 heteroatoms. The molecule has 0 aliphatic rings. The first kappa shape index (κ1) is 14.6. The summed E-state index contributed by atoms with van der Waals surface area (Å²) >= 11 is 3.27. The molecule has 1 heterocycles. The van der Waals surface area contributed by atoms with Crippen LogP contribution in [0, 0.1) is 10.1 Å². The Labute approximate surface area is 124 Å². The Morgan fingerprint density at radius 3 is 2.95 bits per heavy atom. The van der Waals surface area contributed by atoms with Crippen molar-refractivity contribution in [3.63, 3.8) is 0 Å². The average molecular weight is 340 g/mol. The van der Waals surface area contributed by atoms with E-state index in [2.05, 4.69) is 31.3 Å². The highest BCUT2D eigenvalue weighted by atomic mass is 79.9. The lowest BCUT2D eigenvalue weighted by Gasteiger charge is -2.06. The van der Waals surface area contributed by atoms with Crippen LogP contribution in [-0.2, 0) is 20.0 Å². The number of benzene rings is 1. The second-order valence-corrected chi connectivity index (χ2v) is 5.06. The van der Waals surface area contributed by atoms with Crippen LogP contribution in [-0.4, -0.2) is 26.2 Å². The number of rotatable bonds is 6. The van der Waals surface area contributed by atoms with Crippen LogP contribution < -0.4 is 5.32 Å². The van der Waals surface area contributed by atoms with E-state index in [1.165, 1.54) is 6.07 Å². The largest absolute Gasteiger partial charge is 0.312 e. The molecule has 1 aromatic heterocycles. The van der Waals surface area contributed by atoms with Crippen molar-refractivity contribution in [1.82, 2.24) is 20.1 Å². The Morgan fingerprint density at radius 1 is 1.50 bits per heavy atom. The molecule has 0 atom stereocenters. The monoisotopic (exact) mass is 339 g/mol. The maximum absolute atomic E-state index is 10.8. The highest BCUT2D eigenvalue weighted by Gasteiger charge is 2.14. The molecule has 0 saturated carbocycles. The van der Waals surface area contributed by atoms with Gasteiger partial charge in [0.2, 0.25) is 0 Å². The van der Waals surface area contributed by atoms with Gasteiger partial charge in [-0.2, -0.15) is 5.10 Å². The normalized spacial score (nSPS) is 10.7. The van der Waals surface area contributed by atoms with Crippen molar-refractivity contribution in [3.05, 3.63) is 50.5 Å². The van der Waals surface area contributed by atoms with E-state index in [4.69, 9.17) is 0 Å². The Morgan fingerprint density at radius 2 is 2.30 bits per heavy atom. The number of nitro benzene ring substituents is 1. The molecule has 20 heavy (non-hydrogen) atoms. The number of nitro groups is 1. The van der Waals surface area contributed by atoms with Gasteiger partial charge in [0.25, 0.3) is 5.69 Å². The fourth-order valence-corrected chi connectivity index (χ4v) is 2.31. The summed E-state index contributed by atoms with van der Waals surface area (Å²) in [6.45, 7) is 1.26. The summed E-state index contributed by atoms with van der Waals surface area (Å²) in [6, 6.07) is 5.01. The van der Waals surface area contributed by atoms with Crippen LogP contribution in [0.15, 0.2) is 29.0 Å². The summed E-state index contributed by atoms with van der Waals surface area (Å²) in [5.41, 5.74) is 0.934. The van der Waals surface area contributed by atoms with Crippen molar-refractivity contribution in [2.45, 2.75) is 13.0 Å². The standard InChI is InChI=1S/C12H14BrN5O2/c1-17-8-15-11(16-17)5-6-14-7-9-3-2-4-10(12(9)13)18(19)20/h2-4,8,14H,5-7H2,1H3. The van der Waals surface area contributed by atoms with Crippen molar-refractivity contribution in [2.75, 3.05) is 6.54 Å². The predicted octanol–water partition coefficient (Wildman–Crippen LogP) is 1.82. The molecule has 0 bridgehead atoms. The zero-order valence-corrected chi connectivity index (χ0v) is 12.5. The average Bonchev–Trinajstić information content (AvgIpc) is 2.82. The minimum Gasteiger partial charge on any atom is -0.312 e. The lowest BCUT2D eigenvalue weighted by molar-refractivity contribution is -0.385. The van der Waals surface area contributed by atoms with Crippen LogP contribution >= 0.6 is 15.9 Å². The Bertz CT molecular complexity index is 614. The number of nitrogens with zero attached hydrogens (tertiary/aromatic N) is 4. The number of aromatic nitrogens is 3. The molecule has 1 N–H and O–H groups in total. The van der Waals surface area contributed by atoms with Crippen molar-refractivity contribution in [1.29, 1.82) is 0 Å². The SMILES string of the molecule is Cn1cnc(CCNCc2cccc([N+](=O)[O-])c2Br)n1. The molecular formula is C12H14BrN5O2. The molecular weight excluding hydrogens is 326 g/mol. The molecule has 0 saturated heterocycles. The molecule has 0 unspecified atom stereocenters. The molecule has 0 aliphatic carbocycles. The summed E-state index contributed by atoms with van der Waals surface area (Å²) < 4.78 is 2.18. The minimum absolute atomic E-state index is 0.0793. The highest BCUT2D eigenvalue weighted by Crippen LogP contribution is 2.27. The molecule has 2 aromatic rings. The number of nitrogens with one attached hydrogen (secondary N) is 1. The fourth-order valence-electron chi connectivity index (χ4n) is 1.77. The van der Waals surface area contributed by atoms with Gasteiger partial charge in [0.1, 0.15) is 6.33 Å². The summed E-state index contributed by atoms with van der Waals surface area (Å²) in [4.78, 5) is 14.6. The van der Waals surface area contributed by atoms with Gasteiger partial charge in [0.15, 0.2) is 5.82 Å². The molecule has 7 nitrogen and oxygen atoms in total. The van der Waals surface area contributed by atoms with E-state index in [-0.39, 0.29) is 5.69 Å². The second kappa shape index (κ2) is 6.58. The summed E-state index contributed by atoms with van der Waals surface area (Å²) in [6.07, 6.45) is 2.37. The molecule has 1 aromatic carbocycles. The number of hydrogen-bond acceptors (Lipinski definition) is 5. The zero-order valence-electron chi connectivity index (χ0n) is 10.9. The highest BCUT2D eigenvalue weighted by molar-refractivity contribution is 9.10. The van der Waals surface area contributed by atoms with E-state index in [0.29, 0.717) is 24.0 Å². The smallest absolute Gasteiger partial charge is 0.283 e. The summed E-state index contributed by atoms with van der Waals surface area (Å²) in [5.74, 6) is 0.776. The van der Waals surface area contributed by atoms with Crippen LogP contribution in [0.2, 0.25) is 0 Å². The first-order valence-corrected chi connectivity index (χ1v) is 6.84. The molecule has 106 valence electrons. The van der Waals surface area contributed by atoms with Gasteiger partial charge in [-0.1, -0.05) is 12.1 Å². The Balaban J connectivity index is 1.88. The topological polar surface area (TPSA) is 85.9 Å². The van der Waals surface area contributed by atoms with E-state index >= 15 is 0 Å². The van der Waals surface area contributed by atoms with Gasteiger partial charge in [-0.3, -0.25) is 14.8 Å². The number of aryl methyl sites for hydroxylation is 1. The number of hydrogen-bond donors (Lipinski definition) is 1. The predicted molar refractivity (Wildman–Crippen MR) is 77.2 cm³/mol. The van der Waals surface area contributed by atoms with Crippen LogP contribution in [0.25, 0.3) is 0 Å². The quantitative estimate of drug-likeness (QED) is 0.492. The Kier molecular flexibility index (Phi) is 4.80. The van der Waals surface area contributed by atoms with E-state index in [0.717, 1.165) is 11.4 Å². The van der Waals surface area contributed by atoms with Crippen molar-refractivity contribution in [2.24, 2.45) is 7.05 Å². The molecule has 2 rings (SSSR count). The maximum Gasteiger partial charge on any atom is 0.283 e. The Hall–Kier alpha value is -1.80. The summed E-state index contributed by atoms with van der Waals surface area (Å²) in [7, 11) is 1.82. The molecule has 0 aliphatic heterocycles. The lowest BCUT2D eigenvalue weighted by atomic mass is 10.2. The number of halogens is 1. The third-order valence-electron chi connectivity index (χ3n) is 2.74. The van der Waals surface area contributed by atoms with E-state index in [1.54, 1.807) is 17.1 Å². The van der Waals surface area contributed by atoms with Crippen molar-refractivity contribution in [3.8, 4) is 0 Å². The third kappa shape index (κ3) is 3.61. The van der Waals surface area contributed by atoms with Crippen LogP contribution in [0.3, 0.4) is 0 Å². The molecule has 0 radical (unpaired) electrons. The summed E-state index contributed by atoms with van der Waals surface area (Å²) in [5, 5.41) is 18.2. The van der Waals surface area contributed by atoms with E-state index < -0.39 is 4.92 Å². The van der Waals surface area contributed by atoms with Gasteiger partial charge in [0.05, 0.1) is 9.40 Å². The van der Waals surface area contributed by atoms with Gasteiger partial charge in [-0.05, 0) is 21.5 Å². The fraction of sp³-hybridized carbons (Fsp3) is 0.333. The molecule has 0 spiro atoms. The minimum atomic E-state index is -0.397. The van der Waals surface area contributed by atoms with Gasteiger partial charge in [-0.25, -0.2) is 4.98 Å². The van der Waals surface area contributed by atoms with Gasteiger partial charge in [0, 0.05) is 32.6 Å². The van der Waals surface area contributed by atoms with Crippen LogP contribution in [0.5, 0.6) is 0 Å². The van der Waals surface area contributed by atoms with Crippen LogP contribution in [0.1, 0.15) is 11.4 Å². The third-order valence-corrected chi connectivity index (χ3v) is 3.66. The van der Waals surface area contributed by atoms with Crippen molar-refractivity contribution < 1.29 is 4.92 Å². The zero-order chi connectivity index (χ0) is 14.5.